The predicted octanol–water partition coefficient (Wildman–Crippen LogP) is 3.36. The number of ketones is 1. The van der Waals surface area contributed by atoms with Crippen LogP contribution >= 0.6 is 0 Å². The molecule has 1 saturated heterocycles. The summed E-state index contributed by atoms with van der Waals surface area (Å²) in [6.07, 6.45) is 4.91. The summed E-state index contributed by atoms with van der Waals surface area (Å²) < 4.78 is 6.09. The quantitative estimate of drug-likeness (QED) is 0.665. The summed E-state index contributed by atoms with van der Waals surface area (Å²) in [5.74, 6) is -0.0688. The summed E-state index contributed by atoms with van der Waals surface area (Å²) >= 11 is 0. The average Bonchev–Trinajstić information content (AvgIpc) is 2.35. The molecule has 3 atom stereocenters. The van der Waals surface area contributed by atoms with Gasteiger partial charge in [0.1, 0.15) is 0 Å². The predicted molar refractivity (Wildman–Crippen MR) is 69.8 cm³/mol. The number of nitrogens with zero attached hydrogens (tertiary/aromatic N) is 1. The molecule has 0 aromatic rings. The Bertz CT molecular complexity index is 444. The average molecular weight is 247 g/mol. The lowest BCUT2D eigenvalue weighted by Gasteiger charge is -2.53. The van der Waals surface area contributed by atoms with E-state index in [1.54, 1.807) is 0 Å². The molecular weight excluding hydrogens is 226 g/mol. The van der Waals surface area contributed by atoms with E-state index in [9.17, 15) is 4.79 Å². The van der Waals surface area contributed by atoms with Crippen LogP contribution < -0.4 is 0 Å². The lowest BCUT2D eigenvalue weighted by atomic mass is 9.59. The van der Waals surface area contributed by atoms with E-state index in [-0.39, 0.29) is 23.4 Å². The SMILES string of the molecule is [C-]#[N+]C1=C[C@@]2(CC)CC[C@@H](C)O[C@@H]2C(C)(C)C1=O. The topological polar surface area (TPSA) is 30.7 Å². The summed E-state index contributed by atoms with van der Waals surface area (Å²) in [5.41, 5.74) is -0.431. The molecule has 98 valence electrons. The van der Waals surface area contributed by atoms with E-state index >= 15 is 0 Å². The largest absolute Gasteiger partial charge is 0.373 e. The van der Waals surface area contributed by atoms with Gasteiger partial charge in [0.15, 0.2) is 5.78 Å². The van der Waals surface area contributed by atoms with E-state index in [0.717, 1.165) is 19.3 Å². The zero-order valence-corrected chi connectivity index (χ0v) is 11.6. The molecule has 1 aliphatic carbocycles. The number of Topliss-reactive ketones (excluding diaryl/α,β-unsaturated/α-hetero) is 1. The Hall–Kier alpha value is -1.14. The molecule has 0 radical (unpaired) electrons. The highest BCUT2D eigenvalue weighted by atomic mass is 16.5. The minimum atomic E-state index is -0.598. The van der Waals surface area contributed by atoms with Gasteiger partial charge in [-0.1, -0.05) is 26.8 Å². The molecule has 0 amide bonds. The van der Waals surface area contributed by atoms with E-state index in [1.165, 1.54) is 0 Å². The fourth-order valence-electron chi connectivity index (χ4n) is 3.41. The van der Waals surface area contributed by atoms with Crippen molar-refractivity contribution in [2.24, 2.45) is 10.8 Å². The van der Waals surface area contributed by atoms with Gasteiger partial charge in [-0.15, -0.1) is 0 Å². The van der Waals surface area contributed by atoms with E-state index in [2.05, 4.69) is 18.7 Å². The van der Waals surface area contributed by atoms with Gasteiger partial charge in [0.05, 0.1) is 18.8 Å². The Morgan fingerprint density at radius 2 is 2.22 bits per heavy atom. The number of hydrogen-bond acceptors (Lipinski definition) is 2. The summed E-state index contributed by atoms with van der Waals surface area (Å²) in [7, 11) is 0. The van der Waals surface area contributed by atoms with E-state index in [1.807, 2.05) is 19.9 Å². The smallest absolute Gasteiger partial charge is 0.226 e. The summed E-state index contributed by atoms with van der Waals surface area (Å²) in [5, 5.41) is 0. The van der Waals surface area contributed by atoms with Crippen molar-refractivity contribution in [3.8, 4) is 0 Å². The first-order valence-corrected chi connectivity index (χ1v) is 6.68. The van der Waals surface area contributed by atoms with Crippen molar-refractivity contribution < 1.29 is 9.53 Å². The maximum absolute atomic E-state index is 12.3. The van der Waals surface area contributed by atoms with Crippen LogP contribution in [0.5, 0.6) is 0 Å². The Morgan fingerprint density at radius 1 is 1.56 bits per heavy atom. The number of ether oxygens (including phenoxy) is 1. The van der Waals surface area contributed by atoms with Gasteiger partial charge in [-0.2, -0.15) is 0 Å². The summed E-state index contributed by atoms with van der Waals surface area (Å²) in [4.78, 5) is 15.8. The third kappa shape index (κ3) is 1.71. The van der Waals surface area contributed by atoms with E-state index in [0.29, 0.717) is 5.70 Å². The molecule has 0 aromatic carbocycles. The third-order valence-electron chi connectivity index (χ3n) is 4.58. The van der Waals surface area contributed by atoms with Crippen LogP contribution in [0.4, 0.5) is 0 Å². The molecule has 0 aromatic heterocycles. The van der Waals surface area contributed by atoms with Crippen molar-refractivity contribution in [1.82, 2.24) is 0 Å². The fraction of sp³-hybridized carbons (Fsp3) is 0.733. The number of allylic oxidation sites excluding steroid dienone is 1. The van der Waals surface area contributed by atoms with Crippen LogP contribution in [0.25, 0.3) is 4.85 Å². The van der Waals surface area contributed by atoms with Gasteiger partial charge in [0.2, 0.25) is 5.70 Å². The second kappa shape index (κ2) is 4.20. The number of rotatable bonds is 1. The first kappa shape index (κ1) is 13.3. The maximum Gasteiger partial charge on any atom is 0.226 e. The molecule has 3 heteroatoms. The highest BCUT2D eigenvalue weighted by molar-refractivity contribution is 6.02. The van der Waals surface area contributed by atoms with Crippen molar-refractivity contribution in [2.45, 2.75) is 59.2 Å². The van der Waals surface area contributed by atoms with Crippen LogP contribution in [0.15, 0.2) is 11.8 Å². The van der Waals surface area contributed by atoms with Crippen LogP contribution in [-0.4, -0.2) is 18.0 Å². The molecule has 18 heavy (non-hydrogen) atoms. The summed E-state index contributed by atoms with van der Waals surface area (Å²) in [6.45, 7) is 15.2. The third-order valence-corrected chi connectivity index (χ3v) is 4.58. The van der Waals surface area contributed by atoms with Gasteiger partial charge in [0, 0.05) is 10.8 Å². The molecule has 0 spiro atoms. The summed E-state index contributed by atoms with van der Waals surface area (Å²) in [6, 6.07) is 0. The highest BCUT2D eigenvalue weighted by Crippen LogP contribution is 2.52. The molecule has 1 aliphatic heterocycles. The van der Waals surface area contributed by atoms with Crippen LogP contribution in [-0.2, 0) is 9.53 Å². The van der Waals surface area contributed by atoms with E-state index in [4.69, 9.17) is 11.3 Å². The Morgan fingerprint density at radius 3 is 2.78 bits per heavy atom. The Balaban J connectivity index is 2.55. The molecule has 0 N–H and O–H groups in total. The van der Waals surface area contributed by atoms with Gasteiger partial charge in [0.25, 0.3) is 0 Å². The van der Waals surface area contributed by atoms with Crippen molar-refractivity contribution in [1.29, 1.82) is 0 Å². The van der Waals surface area contributed by atoms with Gasteiger partial charge in [-0.25, -0.2) is 4.85 Å². The van der Waals surface area contributed by atoms with Crippen molar-refractivity contribution >= 4 is 5.78 Å². The molecule has 0 bridgehead atoms. The number of carbonyl (C=O) groups excluding carboxylic acids is 1. The molecular formula is C15H21NO2. The lowest BCUT2D eigenvalue weighted by molar-refractivity contribution is -0.171. The second-order valence-electron chi connectivity index (χ2n) is 6.14. The minimum Gasteiger partial charge on any atom is -0.373 e. The second-order valence-corrected chi connectivity index (χ2v) is 6.14. The van der Waals surface area contributed by atoms with Crippen molar-refractivity contribution in [2.75, 3.05) is 0 Å². The first-order chi connectivity index (χ1) is 8.37. The normalized spacial score (nSPS) is 38.6. The molecule has 0 unspecified atom stereocenters. The zero-order valence-electron chi connectivity index (χ0n) is 11.6. The van der Waals surface area contributed by atoms with Crippen molar-refractivity contribution in [3.63, 3.8) is 0 Å². The molecule has 2 rings (SSSR count). The zero-order chi connectivity index (χ0) is 13.6. The van der Waals surface area contributed by atoms with Crippen LogP contribution in [0.2, 0.25) is 0 Å². The molecule has 0 saturated carbocycles. The van der Waals surface area contributed by atoms with Gasteiger partial charge < -0.3 is 9.53 Å². The number of fused-ring (bicyclic) bond motifs is 1. The molecule has 1 fully saturated rings. The van der Waals surface area contributed by atoms with Gasteiger partial charge >= 0.3 is 0 Å². The van der Waals surface area contributed by atoms with Crippen LogP contribution in [0.1, 0.15) is 47.0 Å². The van der Waals surface area contributed by atoms with Crippen LogP contribution in [0.3, 0.4) is 0 Å². The van der Waals surface area contributed by atoms with Crippen molar-refractivity contribution in [3.05, 3.63) is 23.2 Å². The molecule has 3 nitrogen and oxygen atoms in total. The lowest BCUT2D eigenvalue weighted by Crippen LogP contribution is -2.56. The van der Waals surface area contributed by atoms with Gasteiger partial charge in [-0.05, 0) is 26.2 Å². The number of hydrogen-bond donors (Lipinski definition) is 0. The first-order valence-electron chi connectivity index (χ1n) is 6.68. The highest BCUT2D eigenvalue weighted by Gasteiger charge is 2.55. The molecule has 1 heterocycles. The number of carbonyl (C=O) groups is 1. The van der Waals surface area contributed by atoms with Gasteiger partial charge in [-0.3, -0.25) is 0 Å². The maximum atomic E-state index is 12.3. The fourth-order valence-corrected chi connectivity index (χ4v) is 3.41. The standard InChI is InChI=1S/C15H21NO2/c1-6-15-8-7-10(2)18-13(15)14(3,4)12(17)11(9-15)16-5/h9-10,13H,6-8H2,1-4H3/t10-,13-,15-/m1/s1. The monoisotopic (exact) mass is 247 g/mol. The Labute approximate surface area is 109 Å². The minimum absolute atomic E-state index is 0.0688. The Kier molecular flexibility index (Phi) is 3.11. The van der Waals surface area contributed by atoms with Crippen LogP contribution in [0, 0.1) is 17.4 Å². The van der Waals surface area contributed by atoms with E-state index < -0.39 is 5.41 Å². The molecule has 2 aliphatic rings.